The molecule has 108 valence electrons. The second-order valence-corrected chi connectivity index (χ2v) is 6.98. The van der Waals surface area contributed by atoms with Crippen LogP contribution in [0.25, 0.3) is 10.1 Å². The van der Waals surface area contributed by atoms with Crippen LogP contribution in [0.1, 0.15) is 22.2 Å². The molecular formula is C16H15NO2S2. The van der Waals surface area contributed by atoms with Crippen LogP contribution in [0, 0.1) is 0 Å². The molecule has 2 aromatic heterocycles. The molecule has 0 bridgehead atoms. The second-order valence-electron chi connectivity index (χ2n) is 5.12. The van der Waals surface area contributed by atoms with Gasteiger partial charge in [0.2, 0.25) is 0 Å². The summed E-state index contributed by atoms with van der Waals surface area (Å²) in [5.74, 6) is -0.155. The van der Waals surface area contributed by atoms with Gasteiger partial charge in [0, 0.05) is 20.5 Å². The first-order valence-electron chi connectivity index (χ1n) is 6.58. The molecule has 3 rings (SSSR count). The third-order valence-corrected chi connectivity index (χ3v) is 5.39. The summed E-state index contributed by atoms with van der Waals surface area (Å²) in [6.45, 7) is 1.92. The number of thiophene rings is 2. The minimum Gasteiger partial charge on any atom is -0.383 e. The van der Waals surface area contributed by atoms with Crippen molar-refractivity contribution in [1.29, 1.82) is 0 Å². The van der Waals surface area contributed by atoms with E-state index in [-0.39, 0.29) is 12.5 Å². The number of nitrogens with one attached hydrogen (secondary N) is 1. The molecule has 0 aliphatic heterocycles. The molecule has 0 aliphatic rings. The highest BCUT2D eigenvalue weighted by molar-refractivity contribution is 7.19. The Morgan fingerprint density at radius 1 is 1.33 bits per heavy atom. The molecule has 0 fully saturated rings. The number of hydrogen-bond donors (Lipinski definition) is 2. The van der Waals surface area contributed by atoms with Gasteiger partial charge >= 0.3 is 0 Å². The van der Waals surface area contributed by atoms with Crippen molar-refractivity contribution < 1.29 is 9.90 Å². The Hall–Kier alpha value is -1.69. The van der Waals surface area contributed by atoms with Crippen molar-refractivity contribution in [2.24, 2.45) is 0 Å². The molecule has 5 heteroatoms. The molecule has 0 radical (unpaired) electrons. The van der Waals surface area contributed by atoms with Crippen LogP contribution in [0.4, 0.5) is 0 Å². The highest BCUT2D eigenvalue weighted by Crippen LogP contribution is 2.32. The minimum absolute atomic E-state index is 0.155. The molecule has 3 aromatic rings. The molecule has 1 atom stereocenters. The van der Waals surface area contributed by atoms with Gasteiger partial charge in [-0.1, -0.05) is 18.2 Å². The van der Waals surface area contributed by atoms with Crippen LogP contribution in [-0.2, 0) is 5.60 Å². The lowest BCUT2D eigenvalue weighted by Gasteiger charge is -2.22. The predicted octanol–water partition coefficient (Wildman–Crippen LogP) is 3.60. The number of benzene rings is 1. The summed E-state index contributed by atoms with van der Waals surface area (Å²) >= 11 is 3.03. The summed E-state index contributed by atoms with van der Waals surface area (Å²) < 4.78 is 1.14. The topological polar surface area (TPSA) is 49.3 Å². The summed E-state index contributed by atoms with van der Waals surface area (Å²) in [5, 5.41) is 18.2. The maximum atomic E-state index is 11.9. The molecule has 0 spiro atoms. The lowest BCUT2D eigenvalue weighted by molar-refractivity contribution is 0.0557. The molecule has 1 aromatic carbocycles. The van der Waals surface area contributed by atoms with Crippen molar-refractivity contribution in [1.82, 2.24) is 5.32 Å². The first-order valence-corrected chi connectivity index (χ1v) is 8.34. The van der Waals surface area contributed by atoms with Crippen LogP contribution in [0.5, 0.6) is 0 Å². The molecule has 2 heterocycles. The molecule has 1 amide bonds. The lowest BCUT2D eigenvalue weighted by Crippen LogP contribution is -2.37. The van der Waals surface area contributed by atoms with Gasteiger partial charge in [0.25, 0.3) is 5.91 Å². The van der Waals surface area contributed by atoms with E-state index in [1.807, 2.05) is 35.7 Å². The van der Waals surface area contributed by atoms with E-state index < -0.39 is 5.60 Å². The minimum atomic E-state index is -1.07. The molecule has 0 saturated heterocycles. The predicted molar refractivity (Wildman–Crippen MR) is 88.0 cm³/mol. The van der Waals surface area contributed by atoms with Crippen molar-refractivity contribution in [2.75, 3.05) is 6.54 Å². The fraction of sp³-hybridized carbons (Fsp3) is 0.188. The van der Waals surface area contributed by atoms with Gasteiger partial charge in [0.05, 0.1) is 6.54 Å². The zero-order valence-corrected chi connectivity index (χ0v) is 13.1. The normalized spacial score (nSPS) is 14.0. The molecular weight excluding hydrogens is 302 g/mol. The van der Waals surface area contributed by atoms with E-state index in [1.54, 1.807) is 29.7 Å². The van der Waals surface area contributed by atoms with Gasteiger partial charge in [-0.25, -0.2) is 0 Å². The van der Waals surface area contributed by atoms with Crippen molar-refractivity contribution >= 4 is 38.7 Å². The molecule has 2 N–H and O–H groups in total. The third-order valence-electron chi connectivity index (χ3n) is 3.33. The molecule has 0 aliphatic carbocycles. The number of fused-ring (bicyclic) bond motifs is 1. The van der Waals surface area contributed by atoms with E-state index in [0.717, 1.165) is 15.0 Å². The molecule has 1 unspecified atom stereocenters. The van der Waals surface area contributed by atoms with Crippen LogP contribution >= 0.6 is 22.7 Å². The van der Waals surface area contributed by atoms with E-state index in [1.165, 1.54) is 11.3 Å². The number of aliphatic hydroxyl groups is 1. The maximum absolute atomic E-state index is 11.9. The Morgan fingerprint density at radius 2 is 2.14 bits per heavy atom. The SMILES string of the molecule is CC(O)(CNC(=O)c1ccsc1)c1cc2ccccc2s1. The summed E-state index contributed by atoms with van der Waals surface area (Å²) in [6, 6.07) is 11.8. The highest BCUT2D eigenvalue weighted by atomic mass is 32.1. The Balaban J connectivity index is 1.75. The summed E-state index contributed by atoms with van der Waals surface area (Å²) in [7, 11) is 0. The van der Waals surface area contributed by atoms with E-state index in [2.05, 4.69) is 5.32 Å². The molecule has 0 saturated carbocycles. The summed E-state index contributed by atoms with van der Waals surface area (Å²) in [5.41, 5.74) is -0.442. The summed E-state index contributed by atoms with van der Waals surface area (Å²) in [4.78, 5) is 12.8. The first-order chi connectivity index (χ1) is 10.1. The number of amides is 1. The third kappa shape index (κ3) is 3.00. The number of carbonyl (C=O) groups excluding carboxylic acids is 1. The van der Waals surface area contributed by atoms with Gasteiger partial charge in [-0.2, -0.15) is 11.3 Å². The van der Waals surface area contributed by atoms with Gasteiger partial charge in [0.1, 0.15) is 5.60 Å². The monoisotopic (exact) mass is 317 g/mol. The Morgan fingerprint density at radius 3 is 2.86 bits per heavy atom. The Bertz CT molecular complexity index is 727. The number of hydrogen-bond acceptors (Lipinski definition) is 4. The van der Waals surface area contributed by atoms with Crippen LogP contribution in [0.15, 0.2) is 47.2 Å². The quantitative estimate of drug-likeness (QED) is 0.772. The zero-order valence-electron chi connectivity index (χ0n) is 11.5. The van der Waals surface area contributed by atoms with Crippen molar-refractivity contribution in [3.05, 3.63) is 57.6 Å². The second kappa shape index (κ2) is 5.60. The van der Waals surface area contributed by atoms with Gasteiger partial charge in [-0.15, -0.1) is 11.3 Å². The van der Waals surface area contributed by atoms with Crippen molar-refractivity contribution in [3.63, 3.8) is 0 Å². The van der Waals surface area contributed by atoms with Gasteiger partial charge < -0.3 is 10.4 Å². The smallest absolute Gasteiger partial charge is 0.252 e. The largest absolute Gasteiger partial charge is 0.383 e. The van der Waals surface area contributed by atoms with Gasteiger partial charge in [0.15, 0.2) is 0 Å². The van der Waals surface area contributed by atoms with Crippen molar-refractivity contribution in [2.45, 2.75) is 12.5 Å². The van der Waals surface area contributed by atoms with Crippen LogP contribution in [0.3, 0.4) is 0 Å². The van der Waals surface area contributed by atoms with Crippen LogP contribution < -0.4 is 5.32 Å². The fourth-order valence-electron chi connectivity index (χ4n) is 2.08. The van der Waals surface area contributed by atoms with Crippen molar-refractivity contribution in [3.8, 4) is 0 Å². The van der Waals surface area contributed by atoms with E-state index in [9.17, 15) is 9.90 Å². The zero-order chi connectivity index (χ0) is 14.9. The van der Waals surface area contributed by atoms with Crippen LogP contribution in [-0.4, -0.2) is 17.6 Å². The lowest BCUT2D eigenvalue weighted by atomic mass is 10.0. The molecule has 21 heavy (non-hydrogen) atoms. The summed E-state index contributed by atoms with van der Waals surface area (Å²) in [6.07, 6.45) is 0. The van der Waals surface area contributed by atoms with Gasteiger partial charge in [-0.05, 0) is 35.9 Å². The highest BCUT2D eigenvalue weighted by Gasteiger charge is 2.26. The van der Waals surface area contributed by atoms with Gasteiger partial charge in [-0.3, -0.25) is 4.79 Å². The number of carbonyl (C=O) groups is 1. The standard InChI is InChI=1S/C16H15NO2S2/c1-16(19,10-17-15(18)12-6-7-20-9-12)14-8-11-4-2-3-5-13(11)21-14/h2-9,19H,10H2,1H3,(H,17,18). The van der Waals surface area contributed by atoms with E-state index in [0.29, 0.717) is 5.56 Å². The average molecular weight is 317 g/mol. The Labute approximate surface area is 130 Å². The molecule has 3 nitrogen and oxygen atoms in total. The average Bonchev–Trinajstić information content (AvgIpc) is 3.13. The fourth-order valence-corrected chi connectivity index (χ4v) is 3.82. The Kier molecular flexibility index (Phi) is 3.80. The first kappa shape index (κ1) is 14.3. The van der Waals surface area contributed by atoms with E-state index in [4.69, 9.17) is 0 Å². The van der Waals surface area contributed by atoms with Crippen LogP contribution in [0.2, 0.25) is 0 Å². The van der Waals surface area contributed by atoms with E-state index >= 15 is 0 Å². The number of rotatable bonds is 4. The maximum Gasteiger partial charge on any atom is 0.252 e.